The van der Waals surface area contributed by atoms with Gasteiger partial charge in [0.2, 0.25) is 5.91 Å². The van der Waals surface area contributed by atoms with Crippen molar-refractivity contribution in [2.24, 2.45) is 0 Å². The summed E-state index contributed by atoms with van der Waals surface area (Å²) in [7, 11) is 0. The topological polar surface area (TPSA) is 68.8 Å². The minimum Gasteiger partial charge on any atom is -0.491 e. The zero-order valence-electron chi connectivity index (χ0n) is 15.6. The molecule has 0 saturated carbocycles. The molecule has 1 amide bonds. The van der Waals surface area contributed by atoms with Crippen LogP contribution in [0.4, 0.5) is 11.4 Å². The first-order valence-corrected chi connectivity index (χ1v) is 8.90. The number of carbonyl (C=O) groups is 1. The van der Waals surface area contributed by atoms with Gasteiger partial charge in [-0.15, -0.1) is 0 Å². The van der Waals surface area contributed by atoms with Gasteiger partial charge >= 0.3 is 0 Å². The summed E-state index contributed by atoms with van der Waals surface area (Å²) < 4.78 is 16.4. The van der Waals surface area contributed by atoms with Crippen LogP contribution < -0.4 is 20.1 Å². The molecule has 0 bridgehead atoms. The number of amides is 1. The van der Waals surface area contributed by atoms with E-state index in [-0.39, 0.29) is 12.5 Å². The highest BCUT2D eigenvalue weighted by atomic mass is 16.5. The molecular formula is C21H26N2O4. The standard InChI is InChI=1S/C21H26N2O4/c1-3-12-27-20-11-6-5-10-19(20)22-16-21(24)23-17-8-7-9-18(15-17)26-14-13-25-4-2/h3,5-11,15,22H,1,4,12-14,16H2,2H3,(H,23,24). The van der Waals surface area contributed by atoms with Crippen LogP contribution in [0.5, 0.6) is 11.5 Å². The lowest BCUT2D eigenvalue weighted by Gasteiger charge is -2.13. The van der Waals surface area contributed by atoms with E-state index in [0.717, 1.165) is 5.69 Å². The van der Waals surface area contributed by atoms with Crippen LogP contribution in [0.25, 0.3) is 0 Å². The molecule has 0 radical (unpaired) electrons. The van der Waals surface area contributed by atoms with Crippen LogP contribution in [0.3, 0.4) is 0 Å². The fourth-order valence-electron chi connectivity index (χ4n) is 2.29. The number of hydrogen-bond acceptors (Lipinski definition) is 5. The van der Waals surface area contributed by atoms with Gasteiger partial charge in [0.25, 0.3) is 0 Å². The quantitative estimate of drug-likeness (QED) is 0.440. The van der Waals surface area contributed by atoms with E-state index >= 15 is 0 Å². The van der Waals surface area contributed by atoms with E-state index in [1.807, 2.05) is 49.4 Å². The van der Waals surface area contributed by atoms with Crippen molar-refractivity contribution >= 4 is 17.3 Å². The summed E-state index contributed by atoms with van der Waals surface area (Å²) in [6, 6.07) is 14.7. The minimum absolute atomic E-state index is 0.115. The first-order chi connectivity index (χ1) is 13.2. The summed E-state index contributed by atoms with van der Waals surface area (Å²) in [6.07, 6.45) is 1.67. The molecule has 6 nitrogen and oxygen atoms in total. The van der Waals surface area contributed by atoms with Crippen LogP contribution in [-0.4, -0.2) is 38.9 Å². The smallest absolute Gasteiger partial charge is 0.243 e. The number of nitrogens with one attached hydrogen (secondary N) is 2. The number of rotatable bonds is 12. The molecule has 2 N–H and O–H groups in total. The van der Waals surface area contributed by atoms with Crippen molar-refractivity contribution in [2.45, 2.75) is 6.92 Å². The van der Waals surface area contributed by atoms with Gasteiger partial charge in [0.1, 0.15) is 24.7 Å². The van der Waals surface area contributed by atoms with Crippen LogP contribution >= 0.6 is 0 Å². The van der Waals surface area contributed by atoms with Gasteiger partial charge in [-0.3, -0.25) is 4.79 Å². The summed E-state index contributed by atoms with van der Waals surface area (Å²) in [5.74, 6) is 1.19. The van der Waals surface area contributed by atoms with Gasteiger partial charge in [-0.1, -0.05) is 30.9 Å². The van der Waals surface area contributed by atoms with Crippen LogP contribution in [-0.2, 0) is 9.53 Å². The van der Waals surface area contributed by atoms with E-state index < -0.39 is 0 Å². The Morgan fingerprint density at radius 2 is 1.96 bits per heavy atom. The van der Waals surface area contributed by atoms with Crippen molar-refractivity contribution in [1.82, 2.24) is 0 Å². The Balaban J connectivity index is 1.84. The molecule has 0 atom stereocenters. The predicted molar refractivity (Wildman–Crippen MR) is 108 cm³/mol. The molecule has 0 spiro atoms. The summed E-state index contributed by atoms with van der Waals surface area (Å²) in [6.45, 7) is 7.75. The third-order valence-corrected chi connectivity index (χ3v) is 3.50. The second kappa shape index (κ2) is 11.6. The molecule has 0 unspecified atom stereocenters. The van der Waals surface area contributed by atoms with Gasteiger partial charge < -0.3 is 24.8 Å². The third-order valence-electron chi connectivity index (χ3n) is 3.50. The second-order valence-electron chi connectivity index (χ2n) is 5.57. The zero-order chi connectivity index (χ0) is 19.3. The lowest BCUT2D eigenvalue weighted by atomic mass is 10.3. The number of benzene rings is 2. The molecule has 144 valence electrons. The Morgan fingerprint density at radius 3 is 2.78 bits per heavy atom. The Kier molecular flexibility index (Phi) is 8.73. The second-order valence-corrected chi connectivity index (χ2v) is 5.57. The zero-order valence-corrected chi connectivity index (χ0v) is 15.6. The maximum Gasteiger partial charge on any atom is 0.243 e. The van der Waals surface area contributed by atoms with E-state index in [9.17, 15) is 4.79 Å². The van der Waals surface area contributed by atoms with E-state index in [4.69, 9.17) is 14.2 Å². The van der Waals surface area contributed by atoms with Gasteiger partial charge in [-0.25, -0.2) is 0 Å². The maximum atomic E-state index is 12.2. The molecular weight excluding hydrogens is 344 g/mol. The summed E-state index contributed by atoms with van der Waals surface area (Å²) in [5, 5.41) is 5.93. The van der Waals surface area contributed by atoms with Gasteiger partial charge in [-0.2, -0.15) is 0 Å². The van der Waals surface area contributed by atoms with Crippen LogP contribution in [0.2, 0.25) is 0 Å². The van der Waals surface area contributed by atoms with Crippen molar-refractivity contribution in [3.05, 3.63) is 61.2 Å². The molecule has 2 aromatic carbocycles. The van der Waals surface area contributed by atoms with E-state index in [1.165, 1.54) is 0 Å². The lowest BCUT2D eigenvalue weighted by molar-refractivity contribution is -0.114. The summed E-state index contributed by atoms with van der Waals surface area (Å²) in [5.41, 5.74) is 1.43. The van der Waals surface area contributed by atoms with Crippen molar-refractivity contribution in [2.75, 3.05) is 43.6 Å². The Morgan fingerprint density at radius 1 is 1.11 bits per heavy atom. The lowest BCUT2D eigenvalue weighted by Crippen LogP contribution is -2.22. The van der Waals surface area contributed by atoms with Gasteiger partial charge in [0.15, 0.2) is 0 Å². The van der Waals surface area contributed by atoms with E-state index in [1.54, 1.807) is 12.1 Å². The number of hydrogen-bond donors (Lipinski definition) is 2. The first-order valence-electron chi connectivity index (χ1n) is 8.90. The molecule has 2 aromatic rings. The third kappa shape index (κ3) is 7.42. The molecule has 0 aromatic heterocycles. The highest BCUT2D eigenvalue weighted by Gasteiger charge is 2.06. The van der Waals surface area contributed by atoms with Crippen LogP contribution in [0, 0.1) is 0 Å². The number of ether oxygens (including phenoxy) is 3. The number of carbonyl (C=O) groups excluding carboxylic acids is 1. The highest BCUT2D eigenvalue weighted by molar-refractivity contribution is 5.94. The predicted octanol–water partition coefficient (Wildman–Crippen LogP) is 3.72. The monoisotopic (exact) mass is 370 g/mol. The fraction of sp³-hybridized carbons (Fsp3) is 0.286. The first kappa shape index (κ1) is 20.3. The molecule has 0 aliphatic rings. The minimum atomic E-state index is -0.167. The summed E-state index contributed by atoms with van der Waals surface area (Å²) >= 11 is 0. The average Bonchev–Trinajstić information content (AvgIpc) is 2.69. The van der Waals surface area contributed by atoms with Crippen LogP contribution in [0.15, 0.2) is 61.2 Å². The largest absolute Gasteiger partial charge is 0.491 e. The van der Waals surface area contributed by atoms with Gasteiger partial charge in [-0.05, 0) is 31.2 Å². The Bertz CT molecular complexity index is 734. The molecule has 6 heteroatoms. The van der Waals surface area contributed by atoms with Crippen molar-refractivity contribution < 1.29 is 19.0 Å². The van der Waals surface area contributed by atoms with Crippen LogP contribution in [0.1, 0.15) is 6.92 Å². The Labute approximate surface area is 160 Å². The average molecular weight is 370 g/mol. The molecule has 0 aliphatic carbocycles. The normalized spacial score (nSPS) is 10.1. The highest BCUT2D eigenvalue weighted by Crippen LogP contribution is 2.23. The van der Waals surface area contributed by atoms with E-state index in [0.29, 0.717) is 43.6 Å². The number of para-hydroxylation sites is 2. The molecule has 0 fully saturated rings. The fourth-order valence-corrected chi connectivity index (χ4v) is 2.29. The molecule has 0 aliphatic heterocycles. The van der Waals surface area contributed by atoms with Crippen molar-refractivity contribution in [3.8, 4) is 11.5 Å². The number of anilines is 2. The molecule has 0 heterocycles. The molecule has 2 rings (SSSR count). The van der Waals surface area contributed by atoms with Crippen molar-refractivity contribution in [1.29, 1.82) is 0 Å². The SMILES string of the molecule is C=CCOc1ccccc1NCC(=O)Nc1cccc(OCCOCC)c1. The summed E-state index contributed by atoms with van der Waals surface area (Å²) in [4.78, 5) is 12.2. The Hall–Kier alpha value is -2.99. The van der Waals surface area contributed by atoms with E-state index in [2.05, 4.69) is 17.2 Å². The molecule has 0 saturated heterocycles. The molecule has 27 heavy (non-hydrogen) atoms. The van der Waals surface area contributed by atoms with Gasteiger partial charge in [0.05, 0.1) is 18.8 Å². The maximum absolute atomic E-state index is 12.2. The van der Waals surface area contributed by atoms with Crippen molar-refractivity contribution in [3.63, 3.8) is 0 Å². The van der Waals surface area contributed by atoms with Gasteiger partial charge in [0, 0.05) is 18.4 Å².